The number of nitrogens with zero attached hydrogens (tertiary/aromatic N) is 4. The number of nitrogens with one attached hydrogen (secondary N) is 1. The molecule has 5 heterocycles. The summed E-state index contributed by atoms with van der Waals surface area (Å²) in [5, 5.41) is 0.953. The van der Waals surface area contributed by atoms with Crippen LogP contribution in [-0.4, -0.2) is 73.5 Å². The maximum Gasteiger partial charge on any atom is 0.250 e. The van der Waals surface area contributed by atoms with Gasteiger partial charge >= 0.3 is 0 Å². The number of H-pyrrole nitrogens is 1. The lowest BCUT2D eigenvalue weighted by atomic mass is 10.1. The Morgan fingerprint density at radius 2 is 1.68 bits per heavy atom. The number of hydrogen-bond donors (Lipinski definition) is 2. The number of anilines is 2. The highest BCUT2D eigenvalue weighted by atomic mass is 16.5. The first-order chi connectivity index (χ1) is 16.7. The van der Waals surface area contributed by atoms with Crippen molar-refractivity contribution in [2.75, 3.05) is 62.4 Å². The molecule has 34 heavy (non-hydrogen) atoms. The predicted molar refractivity (Wildman–Crippen MR) is 131 cm³/mol. The Balaban J connectivity index is 1.41. The van der Waals surface area contributed by atoms with Crippen molar-refractivity contribution in [3.8, 4) is 11.3 Å². The molecule has 2 aliphatic heterocycles. The normalized spacial score (nSPS) is 16.9. The van der Waals surface area contributed by atoms with Crippen molar-refractivity contribution in [2.24, 2.45) is 5.73 Å². The summed E-state index contributed by atoms with van der Waals surface area (Å²) in [7, 11) is 0. The molecule has 9 nitrogen and oxygen atoms in total. The molecule has 0 aliphatic carbocycles. The smallest absolute Gasteiger partial charge is 0.250 e. The molecule has 0 bridgehead atoms. The summed E-state index contributed by atoms with van der Waals surface area (Å²) >= 11 is 0. The zero-order chi connectivity index (χ0) is 23.1. The fraction of sp³-hybridized carbons (Fsp3) is 0.320. The van der Waals surface area contributed by atoms with Gasteiger partial charge in [0.25, 0.3) is 5.91 Å². The van der Waals surface area contributed by atoms with Gasteiger partial charge < -0.3 is 30.0 Å². The van der Waals surface area contributed by atoms with Crippen LogP contribution in [0.25, 0.3) is 33.2 Å². The number of carbonyl (C=O) groups is 1. The highest BCUT2D eigenvalue weighted by molar-refractivity contribution is 6.14. The molecule has 0 saturated carbocycles. The van der Waals surface area contributed by atoms with Crippen LogP contribution in [0.5, 0.6) is 0 Å². The van der Waals surface area contributed by atoms with Crippen LogP contribution in [0.3, 0.4) is 0 Å². The van der Waals surface area contributed by atoms with Crippen molar-refractivity contribution in [2.45, 2.75) is 0 Å². The average Bonchev–Trinajstić information content (AvgIpc) is 3.27. The van der Waals surface area contributed by atoms with Gasteiger partial charge in [-0.3, -0.25) is 4.79 Å². The minimum Gasteiger partial charge on any atom is -0.378 e. The van der Waals surface area contributed by atoms with Crippen molar-refractivity contribution in [3.05, 3.63) is 48.2 Å². The molecular formula is C25H26N6O3. The number of benzene rings is 1. The van der Waals surface area contributed by atoms with Crippen LogP contribution in [0.15, 0.2) is 42.6 Å². The molecule has 2 aliphatic rings. The average molecular weight is 459 g/mol. The summed E-state index contributed by atoms with van der Waals surface area (Å²) in [5.74, 6) is 0.414. The van der Waals surface area contributed by atoms with Gasteiger partial charge in [0.15, 0.2) is 0 Å². The third-order valence-electron chi connectivity index (χ3n) is 6.56. The van der Waals surface area contributed by atoms with E-state index in [1.165, 1.54) is 0 Å². The molecule has 4 aromatic rings. The zero-order valence-electron chi connectivity index (χ0n) is 18.8. The van der Waals surface area contributed by atoms with Gasteiger partial charge in [0.2, 0.25) is 0 Å². The first-order valence-corrected chi connectivity index (χ1v) is 11.6. The molecule has 0 unspecified atom stereocenters. The van der Waals surface area contributed by atoms with Gasteiger partial charge in [0.05, 0.1) is 54.2 Å². The molecule has 2 saturated heterocycles. The van der Waals surface area contributed by atoms with Crippen molar-refractivity contribution in [1.82, 2.24) is 15.0 Å². The summed E-state index contributed by atoms with van der Waals surface area (Å²) in [6.45, 7) is 6.21. The van der Waals surface area contributed by atoms with Crippen LogP contribution >= 0.6 is 0 Å². The van der Waals surface area contributed by atoms with E-state index in [9.17, 15) is 4.79 Å². The lowest BCUT2D eigenvalue weighted by Gasteiger charge is -2.28. The molecule has 0 radical (unpaired) electrons. The highest BCUT2D eigenvalue weighted by Gasteiger charge is 2.19. The van der Waals surface area contributed by atoms with E-state index in [0.717, 1.165) is 72.9 Å². The lowest BCUT2D eigenvalue weighted by molar-refractivity contribution is 0.100. The second kappa shape index (κ2) is 8.58. The van der Waals surface area contributed by atoms with Gasteiger partial charge in [0.1, 0.15) is 5.82 Å². The first kappa shape index (κ1) is 20.9. The van der Waals surface area contributed by atoms with Crippen molar-refractivity contribution >= 4 is 39.3 Å². The summed E-state index contributed by atoms with van der Waals surface area (Å²) in [5.41, 5.74) is 11.1. The van der Waals surface area contributed by atoms with Crippen LogP contribution in [0.2, 0.25) is 0 Å². The van der Waals surface area contributed by atoms with Gasteiger partial charge in [-0.1, -0.05) is 0 Å². The Hall–Kier alpha value is -3.69. The fourth-order valence-corrected chi connectivity index (χ4v) is 4.72. The number of aromatic nitrogens is 3. The van der Waals surface area contributed by atoms with Crippen LogP contribution in [0.4, 0.5) is 11.5 Å². The van der Waals surface area contributed by atoms with Crippen LogP contribution in [-0.2, 0) is 9.47 Å². The second-order valence-electron chi connectivity index (χ2n) is 8.60. The summed E-state index contributed by atoms with van der Waals surface area (Å²) < 4.78 is 10.9. The third kappa shape index (κ3) is 3.72. The number of pyridine rings is 2. The van der Waals surface area contributed by atoms with Crippen molar-refractivity contribution < 1.29 is 14.3 Å². The Labute approximate surface area is 196 Å². The largest absolute Gasteiger partial charge is 0.378 e. The van der Waals surface area contributed by atoms with E-state index in [-0.39, 0.29) is 0 Å². The van der Waals surface area contributed by atoms with Gasteiger partial charge in [-0.25, -0.2) is 9.97 Å². The number of nitrogens with two attached hydrogens (primary N) is 1. The van der Waals surface area contributed by atoms with E-state index in [0.29, 0.717) is 30.0 Å². The number of aromatic amines is 1. The molecule has 2 fully saturated rings. The maximum absolute atomic E-state index is 12.4. The lowest BCUT2D eigenvalue weighted by Crippen LogP contribution is -2.36. The number of hydrogen-bond acceptors (Lipinski definition) is 7. The monoisotopic (exact) mass is 458 g/mol. The van der Waals surface area contributed by atoms with Crippen LogP contribution < -0.4 is 15.5 Å². The number of ether oxygens (including phenoxy) is 2. The SMILES string of the molecule is NC(=O)c1cc(-c2ccc(N3CCOCC3)nc2)nc2c1[nH]c1cc(N3CCOCC3)ccc12. The van der Waals surface area contributed by atoms with E-state index in [4.69, 9.17) is 20.2 Å². The molecule has 0 spiro atoms. The van der Waals surface area contributed by atoms with Gasteiger partial charge in [-0.05, 0) is 36.4 Å². The topological polar surface area (TPSA) is 110 Å². The third-order valence-corrected chi connectivity index (χ3v) is 6.56. The number of carbonyl (C=O) groups excluding carboxylic acids is 1. The number of fused-ring (bicyclic) bond motifs is 3. The minimum atomic E-state index is -0.494. The van der Waals surface area contributed by atoms with E-state index >= 15 is 0 Å². The van der Waals surface area contributed by atoms with Crippen molar-refractivity contribution in [1.29, 1.82) is 0 Å². The Bertz CT molecular complexity index is 1350. The van der Waals surface area contributed by atoms with E-state index in [1.807, 2.05) is 12.1 Å². The Morgan fingerprint density at radius 3 is 2.35 bits per heavy atom. The minimum absolute atomic E-state index is 0.418. The van der Waals surface area contributed by atoms with Gasteiger partial charge in [-0.2, -0.15) is 0 Å². The predicted octanol–water partition coefficient (Wildman–Crippen LogP) is 2.55. The molecule has 174 valence electrons. The molecule has 9 heteroatoms. The van der Waals surface area contributed by atoms with Crippen molar-refractivity contribution in [3.63, 3.8) is 0 Å². The van der Waals surface area contributed by atoms with E-state index in [1.54, 1.807) is 12.3 Å². The molecule has 3 N–H and O–H groups in total. The molecular weight excluding hydrogens is 432 g/mol. The highest BCUT2D eigenvalue weighted by Crippen LogP contribution is 2.32. The number of amides is 1. The standard InChI is InChI=1S/C25H26N6O3/c26-25(32)19-14-20(16-1-4-22(27-15-16)31-7-11-34-12-8-31)28-23-18-3-2-17(13-21(18)29-24(19)23)30-5-9-33-10-6-30/h1-4,13-15,29H,5-12H2,(H2,26,32). The number of morpholine rings is 2. The molecule has 1 aromatic carbocycles. The van der Waals surface area contributed by atoms with Gasteiger partial charge in [-0.15, -0.1) is 0 Å². The molecule has 3 aromatic heterocycles. The number of primary amides is 1. The zero-order valence-corrected chi connectivity index (χ0v) is 18.8. The summed E-state index contributed by atoms with van der Waals surface area (Å²) in [6, 6.07) is 12.0. The van der Waals surface area contributed by atoms with Gasteiger partial charge in [0, 0.05) is 49.0 Å². The molecule has 0 atom stereocenters. The summed E-state index contributed by atoms with van der Waals surface area (Å²) in [4.78, 5) is 29.8. The van der Waals surface area contributed by atoms with Crippen LogP contribution in [0.1, 0.15) is 10.4 Å². The molecule has 6 rings (SSSR count). The Kier molecular flexibility index (Phi) is 5.27. The fourth-order valence-electron chi connectivity index (χ4n) is 4.72. The number of rotatable bonds is 4. The van der Waals surface area contributed by atoms with Crippen LogP contribution in [0, 0.1) is 0 Å². The second-order valence-corrected chi connectivity index (χ2v) is 8.60. The summed E-state index contributed by atoms with van der Waals surface area (Å²) in [6.07, 6.45) is 1.80. The molecule has 1 amide bonds. The van der Waals surface area contributed by atoms with E-state index < -0.39 is 5.91 Å². The first-order valence-electron chi connectivity index (χ1n) is 11.6. The Morgan fingerprint density at radius 1 is 0.941 bits per heavy atom. The van der Waals surface area contributed by atoms with E-state index in [2.05, 4.69) is 38.0 Å². The quantitative estimate of drug-likeness (QED) is 0.484. The maximum atomic E-state index is 12.4.